The predicted octanol–water partition coefficient (Wildman–Crippen LogP) is 5.55. The van der Waals surface area contributed by atoms with E-state index in [1.54, 1.807) is 14.0 Å². The molecule has 0 bridgehead atoms. The molecule has 0 amide bonds. The Bertz CT molecular complexity index is 1430. The van der Waals surface area contributed by atoms with Gasteiger partial charge in [-0.2, -0.15) is 0 Å². The summed E-state index contributed by atoms with van der Waals surface area (Å²) in [6.45, 7) is 6.34. The van der Waals surface area contributed by atoms with Gasteiger partial charge in [0.2, 0.25) is 6.61 Å². The number of hydrogen-bond donors (Lipinski definition) is 0. The molecule has 0 saturated heterocycles. The highest BCUT2D eigenvalue weighted by Gasteiger charge is 2.67. The summed E-state index contributed by atoms with van der Waals surface area (Å²) in [5.41, 5.74) is 5.72. The first-order valence-electron chi connectivity index (χ1n) is 16.8. The molecule has 47 heavy (non-hydrogen) atoms. The Morgan fingerprint density at radius 1 is 0.979 bits per heavy atom. The van der Waals surface area contributed by atoms with E-state index in [0.717, 1.165) is 43.5 Å². The van der Waals surface area contributed by atoms with Crippen LogP contribution in [-0.2, 0) is 38.2 Å². The largest absolute Gasteiger partial charge is 0.461 e. The van der Waals surface area contributed by atoms with Crippen molar-refractivity contribution < 1.29 is 38.2 Å². The van der Waals surface area contributed by atoms with E-state index in [-0.39, 0.29) is 30.8 Å². The lowest BCUT2D eigenvalue weighted by Crippen LogP contribution is -2.57. The highest BCUT2D eigenvalue weighted by Crippen LogP contribution is 2.67. The highest BCUT2D eigenvalue weighted by atomic mass is 16.7. The molecule has 4 aliphatic rings. The summed E-state index contributed by atoms with van der Waals surface area (Å²) in [6, 6.07) is 8.75. The molecule has 0 aliphatic heterocycles. The maximum atomic E-state index is 13.4. The molecule has 10 nitrogen and oxygen atoms in total. The standard InChI is InChI=1S/C37H50N2O8/c1-24(40)37(47-25(2)41)16-15-33-31-13-9-27-21-28(38-46-23-34(42)45-20-19-44-18-17-43-6)10-14-30(27)35(31)32(22-36(33,37)3)26-7-11-29(12-8-26)39(4)5/h7-8,11-12,21,31-33H,9-10,13-20,22-23H2,1-6H3/b38-28-. The number of oxime groups is 1. The van der Waals surface area contributed by atoms with E-state index in [2.05, 4.69) is 47.3 Å². The van der Waals surface area contributed by atoms with Crippen LogP contribution in [0.3, 0.4) is 0 Å². The number of ether oxygens (including phenoxy) is 4. The fourth-order valence-electron chi connectivity index (χ4n) is 8.77. The number of carbonyl (C=O) groups excluding carboxylic acids is 3. The van der Waals surface area contributed by atoms with Gasteiger partial charge in [0, 0.05) is 45.1 Å². The number of anilines is 1. The Morgan fingerprint density at radius 2 is 1.72 bits per heavy atom. The van der Waals surface area contributed by atoms with E-state index in [4.69, 9.17) is 23.8 Å². The Morgan fingerprint density at radius 3 is 2.40 bits per heavy atom. The molecule has 1 aromatic carbocycles. The van der Waals surface area contributed by atoms with Gasteiger partial charge in [-0.3, -0.25) is 9.59 Å². The van der Waals surface area contributed by atoms with Gasteiger partial charge in [-0.25, -0.2) is 4.79 Å². The molecule has 4 aliphatic carbocycles. The van der Waals surface area contributed by atoms with E-state index in [1.165, 1.54) is 29.2 Å². The molecule has 5 rings (SSSR count). The maximum Gasteiger partial charge on any atom is 0.347 e. The summed E-state index contributed by atoms with van der Waals surface area (Å²) in [7, 11) is 5.67. The van der Waals surface area contributed by atoms with Crippen LogP contribution in [0.5, 0.6) is 0 Å². The van der Waals surface area contributed by atoms with Gasteiger partial charge in [0.25, 0.3) is 0 Å². The number of benzene rings is 1. The zero-order chi connectivity index (χ0) is 33.8. The number of ketones is 1. The molecule has 0 spiro atoms. The third kappa shape index (κ3) is 7.04. The van der Waals surface area contributed by atoms with Crippen LogP contribution in [-0.4, -0.2) is 83.3 Å². The second kappa shape index (κ2) is 14.7. The van der Waals surface area contributed by atoms with Gasteiger partial charge in [-0.15, -0.1) is 0 Å². The number of hydrogen-bond acceptors (Lipinski definition) is 10. The lowest BCUT2D eigenvalue weighted by atomic mass is 9.50. The normalized spacial score (nSPS) is 28.9. The Kier molecular flexibility index (Phi) is 10.9. The first kappa shape index (κ1) is 34.8. The van der Waals surface area contributed by atoms with Gasteiger partial charge >= 0.3 is 11.9 Å². The van der Waals surface area contributed by atoms with E-state index < -0.39 is 23.0 Å². The average Bonchev–Trinajstić information content (AvgIpc) is 3.34. The number of nitrogens with zero attached hydrogens (tertiary/aromatic N) is 2. The molecule has 2 fully saturated rings. The third-order valence-corrected chi connectivity index (χ3v) is 10.9. The minimum absolute atomic E-state index is 0.0512. The van der Waals surface area contributed by atoms with Crippen LogP contribution in [0.25, 0.3) is 0 Å². The number of allylic oxidation sites excluding steroid dienone is 4. The van der Waals surface area contributed by atoms with Gasteiger partial charge in [-0.1, -0.05) is 29.8 Å². The summed E-state index contributed by atoms with van der Waals surface area (Å²) < 4.78 is 21.4. The number of carbonyl (C=O) groups is 3. The van der Waals surface area contributed by atoms with Crippen molar-refractivity contribution in [2.45, 2.75) is 77.2 Å². The number of Topliss-reactive ketones (excluding diaryl/α,β-unsaturated/α-hetero) is 1. The highest BCUT2D eigenvalue weighted by molar-refractivity contribution is 5.97. The molecule has 5 atom stereocenters. The minimum Gasteiger partial charge on any atom is -0.461 e. The summed E-state index contributed by atoms with van der Waals surface area (Å²) in [4.78, 5) is 45.4. The summed E-state index contributed by atoms with van der Waals surface area (Å²) in [5, 5.41) is 4.30. The van der Waals surface area contributed by atoms with Crippen molar-refractivity contribution in [3.8, 4) is 0 Å². The number of esters is 2. The van der Waals surface area contributed by atoms with Crippen LogP contribution in [0.15, 0.2) is 52.2 Å². The van der Waals surface area contributed by atoms with Gasteiger partial charge in [-0.05, 0) is 98.6 Å². The zero-order valence-electron chi connectivity index (χ0n) is 28.8. The second-order valence-corrected chi connectivity index (χ2v) is 13.7. The second-order valence-electron chi connectivity index (χ2n) is 13.7. The van der Waals surface area contributed by atoms with Crippen LogP contribution >= 0.6 is 0 Å². The van der Waals surface area contributed by atoms with Gasteiger partial charge in [0.1, 0.15) is 6.61 Å². The van der Waals surface area contributed by atoms with Crippen molar-refractivity contribution in [1.82, 2.24) is 0 Å². The molecule has 5 unspecified atom stereocenters. The fraction of sp³-hybridized carbons (Fsp3) is 0.622. The van der Waals surface area contributed by atoms with Crippen molar-refractivity contribution in [2.75, 3.05) is 59.1 Å². The van der Waals surface area contributed by atoms with E-state index in [0.29, 0.717) is 38.6 Å². The molecule has 0 radical (unpaired) electrons. The Balaban J connectivity index is 1.41. The monoisotopic (exact) mass is 650 g/mol. The van der Waals surface area contributed by atoms with Crippen molar-refractivity contribution in [1.29, 1.82) is 0 Å². The topological polar surface area (TPSA) is 113 Å². The number of methoxy groups -OCH3 is 1. The number of rotatable bonds is 13. The Labute approximate surface area is 278 Å². The predicted molar refractivity (Wildman–Crippen MR) is 178 cm³/mol. The zero-order valence-corrected chi connectivity index (χ0v) is 28.8. The molecule has 256 valence electrons. The van der Waals surface area contributed by atoms with Crippen molar-refractivity contribution in [3.63, 3.8) is 0 Å². The van der Waals surface area contributed by atoms with Crippen molar-refractivity contribution in [3.05, 3.63) is 52.6 Å². The Hall–Kier alpha value is -3.50. The fourth-order valence-corrected chi connectivity index (χ4v) is 8.77. The van der Waals surface area contributed by atoms with Crippen LogP contribution < -0.4 is 4.90 Å². The molecular weight excluding hydrogens is 600 g/mol. The molecular formula is C37H50N2O8. The van der Waals surface area contributed by atoms with Gasteiger partial charge in [0.05, 0.1) is 25.5 Å². The van der Waals surface area contributed by atoms with Crippen LogP contribution in [0.4, 0.5) is 5.69 Å². The van der Waals surface area contributed by atoms with Crippen molar-refractivity contribution in [2.24, 2.45) is 22.4 Å². The van der Waals surface area contributed by atoms with Crippen molar-refractivity contribution >= 4 is 29.1 Å². The van der Waals surface area contributed by atoms with E-state index in [1.807, 2.05) is 14.1 Å². The SMILES string of the molecule is COCCOCCOC(=O)CO/N=C1\C=C2CCC3C(=C2CC1)C(c1ccc(N(C)C)cc1)CC1(C)C3CCC1(OC(C)=O)C(C)=O. The van der Waals surface area contributed by atoms with E-state index >= 15 is 0 Å². The lowest BCUT2D eigenvalue weighted by molar-refractivity contribution is -0.182. The molecule has 0 heterocycles. The summed E-state index contributed by atoms with van der Waals surface area (Å²) in [5.74, 6) is -0.317. The molecule has 0 aromatic heterocycles. The quantitative estimate of drug-likeness (QED) is 0.154. The van der Waals surface area contributed by atoms with Gasteiger partial charge in [0.15, 0.2) is 11.4 Å². The minimum atomic E-state index is -1.11. The summed E-state index contributed by atoms with van der Waals surface area (Å²) >= 11 is 0. The maximum absolute atomic E-state index is 13.4. The van der Waals surface area contributed by atoms with Gasteiger partial charge < -0.3 is 28.7 Å². The molecule has 2 saturated carbocycles. The molecule has 1 aromatic rings. The average molecular weight is 651 g/mol. The first-order chi connectivity index (χ1) is 22.5. The molecule has 0 N–H and O–H groups in total. The number of fused-ring (bicyclic) bond motifs is 4. The lowest BCUT2D eigenvalue weighted by Gasteiger charge is -2.55. The first-order valence-corrected chi connectivity index (χ1v) is 16.8. The van der Waals surface area contributed by atoms with E-state index in [9.17, 15) is 14.4 Å². The smallest absolute Gasteiger partial charge is 0.347 e. The van der Waals surface area contributed by atoms with Crippen LogP contribution in [0.2, 0.25) is 0 Å². The summed E-state index contributed by atoms with van der Waals surface area (Å²) in [6.07, 6.45) is 7.67. The van der Waals surface area contributed by atoms with Crippen LogP contribution in [0, 0.1) is 17.3 Å². The van der Waals surface area contributed by atoms with Crippen LogP contribution in [0.1, 0.15) is 77.2 Å². The molecule has 10 heteroatoms. The third-order valence-electron chi connectivity index (χ3n) is 10.9.